The molecule has 0 aromatic heterocycles. The highest BCUT2D eigenvalue weighted by atomic mass is 16.6. The molecular formula is C19H22N2O2. The van der Waals surface area contributed by atoms with Gasteiger partial charge in [-0.25, -0.2) is 0 Å². The zero-order valence-electron chi connectivity index (χ0n) is 13.7. The van der Waals surface area contributed by atoms with Crippen molar-refractivity contribution in [2.75, 3.05) is 11.9 Å². The molecule has 0 aliphatic rings. The highest BCUT2D eigenvalue weighted by Gasteiger charge is 2.12. The summed E-state index contributed by atoms with van der Waals surface area (Å²) < 4.78 is 0. The van der Waals surface area contributed by atoms with Crippen molar-refractivity contribution in [1.29, 1.82) is 0 Å². The fraction of sp³-hybridized carbons (Fsp3) is 0.263. The fourth-order valence-corrected chi connectivity index (χ4v) is 2.25. The number of carbonyl (C=O) groups excluding carboxylic acids is 1. The minimum Gasteiger partial charge on any atom is -0.386 e. The lowest BCUT2D eigenvalue weighted by Crippen LogP contribution is -2.19. The second kappa shape index (κ2) is 8.13. The highest BCUT2D eigenvalue weighted by Crippen LogP contribution is 2.27. The lowest BCUT2D eigenvalue weighted by molar-refractivity contribution is -0.120. The number of benzene rings is 2. The first kappa shape index (κ1) is 16.7. The lowest BCUT2D eigenvalue weighted by atomic mass is 9.98. The van der Waals surface area contributed by atoms with Crippen LogP contribution in [0.25, 0.3) is 0 Å². The third-order valence-electron chi connectivity index (χ3n) is 3.46. The molecule has 2 rings (SSSR count). The van der Waals surface area contributed by atoms with Crippen LogP contribution in [0.5, 0.6) is 0 Å². The van der Waals surface area contributed by atoms with Gasteiger partial charge < -0.3 is 10.2 Å². The summed E-state index contributed by atoms with van der Waals surface area (Å²) in [5.74, 6) is 0.119. The van der Waals surface area contributed by atoms with E-state index in [4.69, 9.17) is 4.84 Å². The second-order valence-corrected chi connectivity index (χ2v) is 5.66. The quantitative estimate of drug-likeness (QED) is 0.645. The fourth-order valence-electron chi connectivity index (χ4n) is 2.25. The first-order valence-corrected chi connectivity index (χ1v) is 7.67. The van der Waals surface area contributed by atoms with Gasteiger partial charge in [0.1, 0.15) is 0 Å². The van der Waals surface area contributed by atoms with Crippen LogP contribution in [-0.4, -0.2) is 18.7 Å². The third kappa shape index (κ3) is 4.95. The van der Waals surface area contributed by atoms with E-state index in [9.17, 15) is 4.79 Å². The van der Waals surface area contributed by atoms with E-state index in [2.05, 4.69) is 24.3 Å². The van der Waals surface area contributed by atoms with Gasteiger partial charge in [0.15, 0.2) is 6.61 Å². The summed E-state index contributed by atoms with van der Waals surface area (Å²) in [4.78, 5) is 17.1. The Kier molecular flexibility index (Phi) is 5.92. The topological polar surface area (TPSA) is 50.7 Å². The number of hydrogen-bond donors (Lipinski definition) is 1. The van der Waals surface area contributed by atoms with Crippen molar-refractivity contribution in [2.45, 2.75) is 26.7 Å². The first-order chi connectivity index (χ1) is 11.1. The van der Waals surface area contributed by atoms with Crippen LogP contribution in [0, 0.1) is 6.92 Å². The van der Waals surface area contributed by atoms with Crippen LogP contribution in [0.3, 0.4) is 0 Å². The maximum absolute atomic E-state index is 12.0. The number of para-hydroxylation sites is 1. The number of anilines is 1. The molecule has 4 heteroatoms. The van der Waals surface area contributed by atoms with Crippen molar-refractivity contribution in [3.8, 4) is 0 Å². The Morgan fingerprint density at radius 1 is 1.17 bits per heavy atom. The number of aryl methyl sites for hydroxylation is 1. The molecule has 0 bridgehead atoms. The number of rotatable bonds is 6. The summed E-state index contributed by atoms with van der Waals surface area (Å²) in [6.45, 7) is 6.07. The molecule has 2 aromatic rings. The maximum atomic E-state index is 12.0. The van der Waals surface area contributed by atoms with Crippen LogP contribution in [0.1, 0.15) is 36.5 Å². The normalized spacial score (nSPS) is 11.0. The minimum atomic E-state index is -0.216. The zero-order valence-corrected chi connectivity index (χ0v) is 13.7. The van der Waals surface area contributed by atoms with Crippen molar-refractivity contribution in [2.24, 2.45) is 5.16 Å². The van der Waals surface area contributed by atoms with Crippen LogP contribution in [0.15, 0.2) is 53.7 Å². The van der Waals surface area contributed by atoms with Crippen molar-refractivity contribution in [1.82, 2.24) is 0 Å². The molecule has 4 nitrogen and oxygen atoms in total. The molecule has 120 valence electrons. The van der Waals surface area contributed by atoms with E-state index < -0.39 is 0 Å². The Morgan fingerprint density at radius 2 is 1.91 bits per heavy atom. The van der Waals surface area contributed by atoms with E-state index >= 15 is 0 Å². The van der Waals surface area contributed by atoms with Gasteiger partial charge >= 0.3 is 0 Å². The number of hydrogen-bond acceptors (Lipinski definition) is 3. The molecule has 0 aliphatic carbocycles. The predicted octanol–water partition coefficient (Wildman–Crippen LogP) is 4.11. The van der Waals surface area contributed by atoms with Gasteiger partial charge in [-0.05, 0) is 29.5 Å². The van der Waals surface area contributed by atoms with Crippen LogP contribution >= 0.6 is 0 Å². The zero-order chi connectivity index (χ0) is 16.7. The van der Waals surface area contributed by atoms with E-state index in [0.717, 1.165) is 22.4 Å². The highest BCUT2D eigenvalue weighted by molar-refractivity contribution is 5.93. The van der Waals surface area contributed by atoms with Gasteiger partial charge in [-0.1, -0.05) is 67.5 Å². The van der Waals surface area contributed by atoms with Gasteiger partial charge in [0.05, 0.1) is 6.21 Å². The molecule has 0 radical (unpaired) electrons. The molecule has 0 fully saturated rings. The van der Waals surface area contributed by atoms with Crippen LogP contribution in [0.4, 0.5) is 5.69 Å². The van der Waals surface area contributed by atoms with Crippen molar-refractivity contribution >= 4 is 17.8 Å². The van der Waals surface area contributed by atoms with Crippen molar-refractivity contribution in [3.63, 3.8) is 0 Å². The van der Waals surface area contributed by atoms with Crippen molar-refractivity contribution in [3.05, 3.63) is 65.2 Å². The third-order valence-corrected chi connectivity index (χ3v) is 3.46. The molecule has 1 amide bonds. The Balaban J connectivity index is 1.92. The van der Waals surface area contributed by atoms with Gasteiger partial charge in [0.2, 0.25) is 0 Å². The molecule has 0 saturated heterocycles. The standard InChI is InChI=1S/C19H22N2O2/c1-14(2)17-11-7-8-15(3)19(17)21-18(22)13-23-20-12-16-9-5-4-6-10-16/h4-12,14H,13H2,1-3H3,(H,21,22)/b20-12-. The Labute approximate surface area is 137 Å². The number of oxime groups is 1. The van der Waals surface area contributed by atoms with Gasteiger partial charge in [-0.15, -0.1) is 0 Å². The minimum absolute atomic E-state index is 0.116. The summed E-state index contributed by atoms with van der Waals surface area (Å²) in [7, 11) is 0. The maximum Gasteiger partial charge on any atom is 0.265 e. The van der Waals surface area contributed by atoms with Crippen LogP contribution < -0.4 is 5.32 Å². The van der Waals surface area contributed by atoms with Crippen molar-refractivity contribution < 1.29 is 9.63 Å². The average Bonchev–Trinajstić information content (AvgIpc) is 2.54. The molecule has 0 spiro atoms. The Hall–Kier alpha value is -2.62. The SMILES string of the molecule is Cc1cccc(C(C)C)c1NC(=O)CO/N=C\c1ccccc1. The predicted molar refractivity (Wildman–Crippen MR) is 93.9 cm³/mol. The molecule has 2 aromatic carbocycles. The first-order valence-electron chi connectivity index (χ1n) is 7.67. The number of nitrogens with one attached hydrogen (secondary N) is 1. The van der Waals surface area contributed by atoms with E-state index in [-0.39, 0.29) is 12.5 Å². The molecule has 0 atom stereocenters. The number of amides is 1. The number of nitrogens with zero attached hydrogens (tertiary/aromatic N) is 1. The molecule has 23 heavy (non-hydrogen) atoms. The largest absolute Gasteiger partial charge is 0.386 e. The molecule has 0 saturated carbocycles. The molecule has 0 unspecified atom stereocenters. The average molecular weight is 310 g/mol. The Morgan fingerprint density at radius 3 is 2.61 bits per heavy atom. The van der Waals surface area contributed by atoms with Crippen LogP contribution in [-0.2, 0) is 9.63 Å². The Bertz CT molecular complexity index is 679. The monoisotopic (exact) mass is 310 g/mol. The lowest BCUT2D eigenvalue weighted by Gasteiger charge is -2.16. The molecule has 0 aliphatic heterocycles. The molecule has 0 heterocycles. The molecule has 1 N–H and O–H groups in total. The second-order valence-electron chi connectivity index (χ2n) is 5.66. The summed E-state index contributed by atoms with van der Waals surface area (Å²) >= 11 is 0. The smallest absolute Gasteiger partial charge is 0.265 e. The van der Waals surface area contributed by atoms with E-state index in [1.807, 2.05) is 55.5 Å². The van der Waals surface area contributed by atoms with E-state index in [1.54, 1.807) is 6.21 Å². The summed E-state index contributed by atoms with van der Waals surface area (Å²) in [5.41, 5.74) is 3.94. The van der Waals surface area contributed by atoms with Gasteiger partial charge in [-0.2, -0.15) is 0 Å². The summed E-state index contributed by atoms with van der Waals surface area (Å²) in [5, 5.41) is 6.74. The number of carbonyl (C=O) groups is 1. The summed E-state index contributed by atoms with van der Waals surface area (Å²) in [6.07, 6.45) is 1.58. The van der Waals surface area contributed by atoms with Gasteiger partial charge in [0, 0.05) is 5.69 Å². The van der Waals surface area contributed by atoms with E-state index in [0.29, 0.717) is 5.92 Å². The summed E-state index contributed by atoms with van der Waals surface area (Å²) in [6, 6.07) is 15.6. The van der Waals surface area contributed by atoms with Gasteiger partial charge in [-0.3, -0.25) is 4.79 Å². The van der Waals surface area contributed by atoms with Crippen LogP contribution in [0.2, 0.25) is 0 Å². The molecular weight excluding hydrogens is 288 g/mol. The van der Waals surface area contributed by atoms with Gasteiger partial charge in [0.25, 0.3) is 5.91 Å². The van der Waals surface area contributed by atoms with E-state index in [1.165, 1.54) is 0 Å².